The van der Waals surface area contributed by atoms with Crippen LogP contribution in [0.2, 0.25) is 0 Å². The number of morpholine rings is 1. The molecule has 1 N–H and O–H groups in total. The number of carboxylic acid groups (broad SMARTS) is 1. The van der Waals surface area contributed by atoms with E-state index in [0.29, 0.717) is 32.8 Å². The third-order valence-electron chi connectivity index (χ3n) is 8.98. The molecule has 11 heteroatoms. The van der Waals surface area contributed by atoms with E-state index in [9.17, 15) is 23.1 Å². The minimum absolute atomic E-state index is 0.0621. The van der Waals surface area contributed by atoms with Gasteiger partial charge in [-0.2, -0.15) is 0 Å². The number of aryl methyl sites for hydroxylation is 1. The third-order valence-corrected chi connectivity index (χ3v) is 8.98. The summed E-state index contributed by atoms with van der Waals surface area (Å²) in [7, 11) is 1.66. The van der Waals surface area contributed by atoms with Crippen molar-refractivity contribution >= 4 is 16.9 Å². The van der Waals surface area contributed by atoms with Gasteiger partial charge < -0.3 is 19.3 Å². The van der Waals surface area contributed by atoms with Crippen LogP contribution in [0.3, 0.4) is 0 Å². The van der Waals surface area contributed by atoms with Gasteiger partial charge in [-0.15, -0.1) is 0 Å². The largest absolute Gasteiger partial charge is 0.497 e. The Morgan fingerprint density at radius 1 is 1.02 bits per heavy atom. The molecule has 0 amide bonds. The fraction of sp³-hybridized carbons (Fsp3) is 0.515. The lowest BCUT2D eigenvalue weighted by atomic mass is 9.72. The van der Waals surface area contributed by atoms with Gasteiger partial charge in [0, 0.05) is 49.9 Å². The summed E-state index contributed by atoms with van der Waals surface area (Å²) in [5, 5.41) is 10.9. The van der Waals surface area contributed by atoms with Crippen molar-refractivity contribution in [3.05, 3.63) is 65.1 Å². The number of pyridine rings is 1. The van der Waals surface area contributed by atoms with Crippen LogP contribution in [0.25, 0.3) is 10.9 Å². The van der Waals surface area contributed by atoms with Gasteiger partial charge in [-0.1, -0.05) is 0 Å². The number of nitrogens with zero attached hydrogens (tertiary/aromatic N) is 3. The number of benzene rings is 2. The molecule has 0 aliphatic carbocycles. The number of hydrogen-bond donors (Lipinski definition) is 1. The monoisotopic (exact) mass is 615 g/mol. The van der Waals surface area contributed by atoms with Crippen LogP contribution in [-0.4, -0.2) is 85.5 Å². The van der Waals surface area contributed by atoms with Crippen LogP contribution >= 0.6 is 0 Å². The van der Waals surface area contributed by atoms with Crippen LogP contribution < -0.4 is 9.47 Å². The van der Waals surface area contributed by atoms with E-state index in [4.69, 9.17) is 19.2 Å². The quantitative estimate of drug-likeness (QED) is 0.254. The summed E-state index contributed by atoms with van der Waals surface area (Å²) >= 11 is 0. The van der Waals surface area contributed by atoms with Gasteiger partial charge in [0.2, 0.25) is 0 Å². The molecule has 2 aromatic carbocycles. The number of aliphatic carboxylic acids is 1. The standard InChI is InChI=1S/C33H40F3N3O5/c1-42-24-4-5-30-27(17-24)26(23(21-37-30)22-39-11-14-43-15-12-39)3-2-6-33(20-31(40)41)7-9-38(10-8-33)13-16-44-25-18-28(34)32(36)29(35)19-25/h4-5,17-19,21H,2-3,6-16,20,22H2,1H3,(H,40,41). The lowest BCUT2D eigenvalue weighted by Crippen LogP contribution is -2.42. The van der Waals surface area contributed by atoms with Crippen molar-refractivity contribution in [2.45, 2.75) is 45.1 Å². The number of rotatable bonds is 13. The van der Waals surface area contributed by atoms with E-state index in [1.54, 1.807) is 7.11 Å². The molecule has 0 saturated carbocycles. The van der Waals surface area contributed by atoms with Crippen LogP contribution in [0.5, 0.6) is 11.5 Å². The van der Waals surface area contributed by atoms with Crippen LogP contribution in [0.4, 0.5) is 13.2 Å². The number of carboxylic acids is 1. The fourth-order valence-corrected chi connectivity index (χ4v) is 6.46. The maximum Gasteiger partial charge on any atom is 0.303 e. The van der Waals surface area contributed by atoms with Gasteiger partial charge in [0.1, 0.15) is 18.1 Å². The molecule has 2 aliphatic rings. The molecule has 0 bridgehead atoms. The normalized spacial score (nSPS) is 17.5. The summed E-state index contributed by atoms with van der Waals surface area (Å²) in [5.74, 6) is -4.18. The maximum absolute atomic E-state index is 13.5. The van der Waals surface area contributed by atoms with Gasteiger partial charge in [-0.3, -0.25) is 19.6 Å². The minimum Gasteiger partial charge on any atom is -0.497 e. The van der Waals surface area contributed by atoms with E-state index in [0.717, 1.165) is 80.5 Å². The molecule has 238 valence electrons. The van der Waals surface area contributed by atoms with Crippen LogP contribution in [0.1, 0.15) is 43.2 Å². The molecule has 5 rings (SSSR count). The highest BCUT2D eigenvalue weighted by Crippen LogP contribution is 2.40. The second kappa shape index (κ2) is 14.6. The van der Waals surface area contributed by atoms with E-state index >= 15 is 0 Å². The van der Waals surface area contributed by atoms with Crippen molar-refractivity contribution in [2.24, 2.45) is 5.41 Å². The highest BCUT2D eigenvalue weighted by atomic mass is 19.2. The Bertz CT molecular complexity index is 1420. The molecule has 3 aromatic rings. The summed E-state index contributed by atoms with van der Waals surface area (Å²) in [6.45, 7) is 6.05. The number of ether oxygens (including phenoxy) is 3. The van der Waals surface area contributed by atoms with Crippen molar-refractivity contribution < 1.29 is 37.3 Å². The number of likely N-dealkylation sites (tertiary alicyclic amines) is 1. The van der Waals surface area contributed by atoms with E-state index in [2.05, 4.69) is 9.80 Å². The maximum atomic E-state index is 13.5. The molecule has 1 aromatic heterocycles. The number of carbonyl (C=O) groups is 1. The molecule has 0 radical (unpaired) electrons. The molecule has 0 unspecified atom stereocenters. The van der Waals surface area contributed by atoms with Gasteiger partial charge in [0.05, 0.1) is 32.3 Å². The molecule has 0 spiro atoms. The molecule has 0 atom stereocenters. The van der Waals surface area contributed by atoms with Gasteiger partial charge in [0.25, 0.3) is 0 Å². The topological polar surface area (TPSA) is 84.4 Å². The summed E-state index contributed by atoms with van der Waals surface area (Å²) < 4.78 is 56.7. The molecule has 44 heavy (non-hydrogen) atoms. The number of piperidine rings is 1. The lowest BCUT2D eigenvalue weighted by molar-refractivity contribution is -0.140. The second-order valence-corrected chi connectivity index (χ2v) is 11.8. The summed E-state index contributed by atoms with van der Waals surface area (Å²) in [6.07, 6.45) is 5.96. The van der Waals surface area contributed by atoms with E-state index < -0.39 is 23.4 Å². The molecule has 2 fully saturated rings. The lowest BCUT2D eigenvalue weighted by Gasteiger charge is -2.41. The summed E-state index contributed by atoms with van der Waals surface area (Å²) in [4.78, 5) is 21.2. The van der Waals surface area contributed by atoms with Crippen LogP contribution in [-0.2, 0) is 22.5 Å². The van der Waals surface area contributed by atoms with Gasteiger partial charge in [0.15, 0.2) is 17.5 Å². The Morgan fingerprint density at radius 2 is 1.75 bits per heavy atom. The number of fused-ring (bicyclic) bond motifs is 1. The summed E-state index contributed by atoms with van der Waals surface area (Å²) in [5.41, 5.74) is 3.00. The number of aromatic nitrogens is 1. The Kier molecular flexibility index (Phi) is 10.6. The minimum atomic E-state index is -1.52. The number of methoxy groups -OCH3 is 1. The fourth-order valence-electron chi connectivity index (χ4n) is 6.46. The SMILES string of the molecule is COc1ccc2ncc(CN3CCOCC3)c(CCCC3(CC(=O)O)CCN(CCOc4cc(F)c(F)c(F)c4)CC3)c2c1. The van der Waals surface area contributed by atoms with Crippen molar-refractivity contribution in [3.63, 3.8) is 0 Å². The first-order valence-electron chi connectivity index (χ1n) is 15.2. The smallest absolute Gasteiger partial charge is 0.303 e. The molecular weight excluding hydrogens is 575 g/mol. The average Bonchev–Trinajstić information content (AvgIpc) is 3.01. The molecule has 2 saturated heterocycles. The number of halogens is 3. The first-order valence-corrected chi connectivity index (χ1v) is 15.2. The highest BCUT2D eigenvalue weighted by Gasteiger charge is 2.36. The molecular formula is C33H40F3N3O5. The Balaban J connectivity index is 1.22. The summed E-state index contributed by atoms with van der Waals surface area (Å²) in [6, 6.07) is 7.60. The highest BCUT2D eigenvalue weighted by molar-refractivity contribution is 5.84. The molecule has 8 nitrogen and oxygen atoms in total. The molecule has 3 heterocycles. The van der Waals surface area contributed by atoms with Crippen LogP contribution in [0, 0.1) is 22.9 Å². The van der Waals surface area contributed by atoms with Crippen molar-refractivity contribution in [3.8, 4) is 11.5 Å². The van der Waals surface area contributed by atoms with Gasteiger partial charge in [-0.25, -0.2) is 13.2 Å². The first-order chi connectivity index (χ1) is 21.2. The average molecular weight is 616 g/mol. The Morgan fingerprint density at radius 3 is 2.43 bits per heavy atom. The zero-order valence-corrected chi connectivity index (χ0v) is 25.1. The zero-order chi connectivity index (χ0) is 31.1. The van der Waals surface area contributed by atoms with Crippen molar-refractivity contribution in [1.29, 1.82) is 0 Å². The second-order valence-electron chi connectivity index (χ2n) is 11.8. The van der Waals surface area contributed by atoms with E-state index in [1.807, 2.05) is 24.4 Å². The van der Waals surface area contributed by atoms with Crippen molar-refractivity contribution in [1.82, 2.24) is 14.8 Å². The Hall–Kier alpha value is -3.41. The predicted molar refractivity (Wildman–Crippen MR) is 159 cm³/mol. The zero-order valence-electron chi connectivity index (χ0n) is 25.1. The van der Waals surface area contributed by atoms with Crippen LogP contribution in [0.15, 0.2) is 36.5 Å². The number of hydrogen-bond acceptors (Lipinski definition) is 7. The van der Waals surface area contributed by atoms with Crippen molar-refractivity contribution in [2.75, 3.05) is 59.7 Å². The molecule has 2 aliphatic heterocycles. The third kappa shape index (κ3) is 7.99. The first kappa shape index (κ1) is 32.0. The van der Waals surface area contributed by atoms with E-state index in [1.165, 1.54) is 11.1 Å². The Labute approximate surface area is 255 Å². The predicted octanol–water partition coefficient (Wildman–Crippen LogP) is 5.45. The van der Waals surface area contributed by atoms with Gasteiger partial charge >= 0.3 is 5.97 Å². The van der Waals surface area contributed by atoms with Gasteiger partial charge in [-0.05, 0) is 79.9 Å². The van der Waals surface area contributed by atoms with E-state index in [-0.39, 0.29) is 24.2 Å².